The van der Waals surface area contributed by atoms with Gasteiger partial charge in [-0.3, -0.25) is 9.35 Å². The van der Waals surface area contributed by atoms with Gasteiger partial charge in [0.2, 0.25) is 0 Å². The normalized spacial score (nSPS) is 36.6. The van der Waals surface area contributed by atoms with E-state index in [1.54, 1.807) is 0 Å². The second-order valence-electron chi connectivity index (χ2n) is 7.76. The van der Waals surface area contributed by atoms with E-state index >= 15 is 0 Å². The van der Waals surface area contributed by atoms with Crippen molar-refractivity contribution < 1.29 is 26.9 Å². The molecule has 0 aliphatic heterocycles. The molecule has 0 aromatic carbocycles. The first-order valence-corrected chi connectivity index (χ1v) is 10.1. The Morgan fingerprint density at radius 2 is 1.75 bits per heavy atom. The van der Waals surface area contributed by atoms with E-state index in [2.05, 4.69) is 0 Å². The van der Waals surface area contributed by atoms with E-state index in [-0.39, 0.29) is 19.0 Å². The number of ether oxygens (including phenoxy) is 1. The van der Waals surface area contributed by atoms with Gasteiger partial charge in [0.15, 0.2) is 0 Å². The van der Waals surface area contributed by atoms with Crippen molar-refractivity contribution >= 4 is 16.1 Å². The average molecular weight is 360 g/mol. The molecule has 4 rings (SSSR count). The maximum Gasteiger partial charge on any atom is 0.312 e. The van der Waals surface area contributed by atoms with Gasteiger partial charge in [0.05, 0.1) is 12.0 Å². The Balaban J connectivity index is 1.55. The third-order valence-electron chi connectivity index (χ3n) is 5.97. The fourth-order valence-electron chi connectivity index (χ4n) is 5.40. The van der Waals surface area contributed by atoms with Crippen LogP contribution in [0.25, 0.3) is 0 Å². The molecular weight excluding hydrogens is 335 g/mol. The van der Waals surface area contributed by atoms with E-state index in [1.807, 2.05) is 0 Å². The molecule has 0 radical (unpaired) electrons. The molecule has 1 unspecified atom stereocenters. The first kappa shape index (κ1) is 17.9. The molecule has 4 bridgehead atoms. The molecule has 0 amide bonds. The van der Waals surface area contributed by atoms with Gasteiger partial charge in [-0.1, -0.05) is 6.08 Å². The van der Waals surface area contributed by atoms with E-state index < -0.39 is 26.6 Å². The molecule has 1 atom stereocenters. The lowest BCUT2D eigenvalue weighted by Gasteiger charge is -2.55. The van der Waals surface area contributed by atoms with Crippen molar-refractivity contribution in [3.63, 3.8) is 0 Å². The van der Waals surface area contributed by atoms with Crippen molar-refractivity contribution in [3.8, 4) is 0 Å². The summed E-state index contributed by atoms with van der Waals surface area (Å²) in [5.74, 6) is 1.60. The van der Waals surface area contributed by atoms with E-state index in [4.69, 9.17) is 9.29 Å². The highest BCUT2D eigenvalue weighted by molar-refractivity contribution is 7.89. The van der Waals surface area contributed by atoms with Gasteiger partial charge in [-0.2, -0.15) is 8.42 Å². The summed E-state index contributed by atoms with van der Waals surface area (Å²) in [4.78, 5) is 11.9. The summed E-state index contributed by atoms with van der Waals surface area (Å²) >= 11 is 0. The zero-order chi connectivity index (χ0) is 17.5. The van der Waals surface area contributed by atoms with Gasteiger partial charge in [0.25, 0.3) is 10.1 Å². The lowest BCUT2D eigenvalue weighted by Crippen LogP contribution is -2.50. The van der Waals surface area contributed by atoms with Crippen molar-refractivity contribution in [2.45, 2.75) is 58.0 Å². The second kappa shape index (κ2) is 6.41. The van der Waals surface area contributed by atoms with Crippen LogP contribution in [0.15, 0.2) is 11.0 Å². The van der Waals surface area contributed by atoms with Crippen molar-refractivity contribution in [3.05, 3.63) is 11.0 Å². The minimum atomic E-state index is -4.56. The van der Waals surface area contributed by atoms with Crippen LogP contribution in [-0.2, 0) is 19.6 Å². The van der Waals surface area contributed by atoms with Crippen LogP contribution >= 0.6 is 0 Å². The summed E-state index contributed by atoms with van der Waals surface area (Å²) in [5.41, 5.74) is -0.396. The van der Waals surface area contributed by atoms with Gasteiger partial charge in [-0.15, -0.1) is 0 Å². The molecule has 1 N–H and O–H groups in total. The molecule has 4 saturated carbocycles. The Hall–Kier alpha value is -0.950. The van der Waals surface area contributed by atoms with E-state index in [9.17, 15) is 17.6 Å². The third kappa shape index (κ3) is 3.38. The average Bonchev–Trinajstić information content (AvgIpc) is 2.44. The predicted molar refractivity (Wildman–Crippen MR) is 86.4 cm³/mol. The van der Waals surface area contributed by atoms with Crippen LogP contribution in [0.5, 0.6) is 0 Å². The fourth-order valence-corrected chi connectivity index (χ4v) is 6.14. The Morgan fingerprint density at radius 3 is 2.17 bits per heavy atom. The molecule has 0 aromatic heterocycles. The van der Waals surface area contributed by atoms with Crippen LogP contribution < -0.4 is 0 Å². The number of allylic oxidation sites excluding steroid dienone is 2. The standard InChI is InChI=1S/C17H25FO5S/c1-2-15(24(20,21)22)14(18)3-4-23-16(19)17-8-11-5-12(9-17)7-13(6-11)10-17/h2,11-14H,3-10H2,1H3,(H,20,21,22)/b15-2-. The minimum absolute atomic E-state index is 0.172. The molecule has 24 heavy (non-hydrogen) atoms. The SMILES string of the molecule is C/C=C(/C(F)CCOC(=O)C12CC3CC(CC(C3)C1)C2)S(=O)(=O)O. The van der Waals surface area contributed by atoms with Crippen LogP contribution in [0.3, 0.4) is 0 Å². The Kier molecular flexibility index (Phi) is 4.77. The van der Waals surface area contributed by atoms with Gasteiger partial charge in [0, 0.05) is 6.42 Å². The number of alkyl halides is 1. The number of carbonyl (C=O) groups excluding carboxylic acids is 1. The van der Waals surface area contributed by atoms with Crippen LogP contribution in [-0.4, -0.2) is 31.7 Å². The van der Waals surface area contributed by atoms with Gasteiger partial charge >= 0.3 is 5.97 Å². The summed E-state index contributed by atoms with van der Waals surface area (Å²) in [6.07, 6.45) is 5.19. The van der Waals surface area contributed by atoms with E-state index in [0.29, 0.717) is 17.8 Å². The first-order chi connectivity index (χ1) is 11.2. The van der Waals surface area contributed by atoms with Gasteiger partial charge < -0.3 is 4.74 Å². The molecule has 0 saturated heterocycles. The van der Waals surface area contributed by atoms with Crippen LogP contribution in [0.2, 0.25) is 0 Å². The monoisotopic (exact) mass is 360 g/mol. The number of carbonyl (C=O) groups is 1. The third-order valence-corrected chi connectivity index (χ3v) is 7.05. The number of rotatable bonds is 6. The highest BCUT2D eigenvalue weighted by Crippen LogP contribution is 2.60. The lowest BCUT2D eigenvalue weighted by molar-refractivity contribution is -0.171. The molecule has 0 heterocycles. The van der Waals surface area contributed by atoms with Crippen LogP contribution in [0, 0.1) is 23.2 Å². The molecule has 5 nitrogen and oxygen atoms in total. The fraction of sp³-hybridized carbons (Fsp3) is 0.824. The van der Waals surface area contributed by atoms with E-state index in [0.717, 1.165) is 25.3 Å². The molecule has 7 heteroatoms. The Morgan fingerprint density at radius 1 is 1.25 bits per heavy atom. The van der Waals surface area contributed by atoms with E-state index in [1.165, 1.54) is 26.2 Å². The van der Waals surface area contributed by atoms with Crippen molar-refractivity contribution in [1.29, 1.82) is 0 Å². The van der Waals surface area contributed by atoms with Gasteiger partial charge in [-0.05, 0) is 63.2 Å². The largest absolute Gasteiger partial charge is 0.465 e. The molecule has 4 aliphatic rings. The molecule has 4 fully saturated rings. The summed E-state index contributed by atoms with van der Waals surface area (Å²) in [6.45, 7) is 1.17. The second-order valence-corrected chi connectivity index (χ2v) is 9.18. The predicted octanol–water partition coefficient (Wildman–Crippen LogP) is 3.27. The summed E-state index contributed by atoms with van der Waals surface area (Å²) in [5, 5.41) is 0. The molecule has 136 valence electrons. The highest BCUT2D eigenvalue weighted by Gasteiger charge is 2.55. The first-order valence-electron chi connectivity index (χ1n) is 8.68. The van der Waals surface area contributed by atoms with Crippen LogP contribution in [0.1, 0.15) is 51.9 Å². The minimum Gasteiger partial charge on any atom is -0.465 e. The zero-order valence-electron chi connectivity index (χ0n) is 13.9. The number of esters is 1. The number of hydrogen-bond acceptors (Lipinski definition) is 4. The van der Waals surface area contributed by atoms with Crippen LogP contribution in [0.4, 0.5) is 4.39 Å². The quantitative estimate of drug-likeness (QED) is 0.581. The lowest BCUT2D eigenvalue weighted by atomic mass is 9.49. The maximum absolute atomic E-state index is 14.0. The summed E-state index contributed by atoms with van der Waals surface area (Å²) in [6, 6.07) is 0. The van der Waals surface area contributed by atoms with Crippen molar-refractivity contribution in [2.24, 2.45) is 23.2 Å². The highest BCUT2D eigenvalue weighted by atomic mass is 32.2. The van der Waals surface area contributed by atoms with Gasteiger partial charge in [-0.25, -0.2) is 4.39 Å². The van der Waals surface area contributed by atoms with Gasteiger partial charge in [0.1, 0.15) is 11.1 Å². The molecule has 0 spiro atoms. The number of hydrogen-bond donors (Lipinski definition) is 1. The smallest absolute Gasteiger partial charge is 0.312 e. The van der Waals surface area contributed by atoms with Crippen molar-refractivity contribution in [2.75, 3.05) is 6.61 Å². The summed E-state index contributed by atoms with van der Waals surface area (Å²) in [7, 11) is -4.56. The Bertz CT molecular complexity index is 604. The Labute approximate surface area is 142 Å². The van der Waals surface area contributed by atoms with Crippen molar-refractivity contribution in [1.82, 2.24) is 0 Å². The maximum atomic E-state index is 14.0. The summed E-state index contributed by atoms with van der Waals surface area (Å²) < 4.78 is 50.4. The number of halogens is 1. The molecule has 4 aliphatic carbocycles. The molecular formula is C17H25FO5S. The molecule has 0 aromatic rings. The topological polar surface area (TPSA) is 80.7 Å². The zero-order valence-corrected chi connectivity index (χ0v) is 14.7.